The summed E-state index contributed by atoms with van der Waals surface area (Å²) in [4.78, 5) is 12.9. The highest BCUT2D eigenvalue weighted by molar-refractivity contribution is 9.11. The van der Waals surface area contributed by atoms with Crippen molar-refractivity contribution in [1.29, 1.82) is 0 Å². The number of nitrogens with one attached hydrogen (secondary N) is 2. The molecule has 6 heteroatoms. The number of hydrogen-bond donors (Lipinski definition) is 2. The van der Waals surface area contributed by atoms with Crippen molar-refractivity contribution in [2.45, 2.75) is 6.54 Å². The molecule has 0 saturated heterocycles. The van der Waals surface area contributed by atoms with Gasteiger partial charge < -0.3 is 5.32 Å². The zero-order valence-electron chi connectivity index (χ0n) is 9.00. The van der Waals surface area contributed by atoms with E-state index in [4.69, 9.17) is 0 Å². The fourth-order valence-electron chi connectivity index (χ4n) is 1.59. The first-order chi connectivity index (χ1) is 7.63. The van der Waals surface area contributed by atoms with Gasteiger partial charge in [0.05, 0.1) is 19.9 Å². The number of halogens is 1. The molecule has 0 radical (unpaired) electrons. The fourth-order valence-corrected chi connectivity index (χ4v) is 3.00. The molecule has 16 heavy (non-hydrogen) atoms. The van der Waals surface area contributed by atoms with Crippen molar-refractivity contribution >= 4 is 27.3 Å². The van der Waals surface area contributed by atoms with E-state index in [1.807, 2.05) is 19.2 Å². The summed E-state index contributed by atoms with van der Waals surface area (Å²) in [7, 11) is 3.56. The van der Waals surface area contributed by atoms with Crippen LogP contribution in [0.5, 0.6) is 0 Å². The molecule has 0 aliphatic heterocycles. The average Bonchev–Trinajstić information content (AvgIpc) is 2.78. The standard InChI is InChI=1S/C10H12BrN3OS/c1-12-5-6-9(13-14(2)10(6)15)7-3-4-8(11)16-7/h3-4,12-13H,5H2,1-2H3. The Morgan fingerprint density at radius 1 is 1.56 bits per heavy atom. The van der Waals surface area contributed by atoms with Gasteiger partial charge in [-0.05, 0) is 35.1 Å². The van der Waals surface area contributed by atoms with Gasteiger partial charge >= 0.3 is 0 Å². The summed E-state index contributed by atoms with van der Waals surface area (Å²) in [5.74, 6) is 0. The number of rotatable bonds is 3. The summed E-state index contributed by atoms with van der Waals surface area (Å²) in [6.45, 7) is 0.570. The summed E-state index contributed by atoms with van der Waals surface area (Å²) < 4.78 is 2.57. The van der Waals surface area contributed by atoms with Crippen LogP contribution in [0, 0.1) is 0 Å². The second kappa shape index (κ2) is 4.57. The van der Waals surface area contributed by atoms with E-state index in [0.717, 1.165) is 19.9 Å². The van der Waals surface area contributed by atoms with Gasteiger partial charge in [-0.2, -0.15) is 0 Å². The number of aromatic amines is 1. The van der Waals surface area contributed by atoms with Crippen molar-refractivity contribution in [3.63, 3.8) is 0 Å². The SMILES string of the molecule is CNCc1c(-c2ccc(Br)s2)[nH]n(C)c1=O. The minimum absolute atomic E-state index is 0.0221. The van der Waals surface area contributed by atoms with Crippen LogP contribution in [-0.2, 0) is 13.6 Å². The third-order valence-corrected chi connectivity index (χ3v) is 3.96. The molecule has 0 unspecified atom stereocenters. The van der Waals surface area contributed by atoms with E-state index in [1.54, 1.807) is 18.4 Å². The van der Waals surface area contributed by atoms with Gasteiger partial charge in [0.1, 0.15) is 0 Å². The lowest BCUT2D eigenvalue weighted by molar-refractivity contribution is 0.734. The molecule has 4 nitrogen and oxygen atoms in total. The topological polar surface area (TPSA) is 49.8 Å². The highest BCUT2D eigenvalue weighted by atomic mass is 79.9. The maximum absolute atomic E-state index is 11.8. The molecule has 2 aromatic rings. The predicted molar refractivity (Wildman–Crippen MR) is 69.8 cm³/mol. The van der Waals surface area contributed by atoms with Gasteiger partial charge in [0.25, 0.3) is 5.56 Å². The number of aromatic nitrogens is 2. The lowest BCUT2D eigenvalue weighted by Gasteiger charge is -1.97. The van der Waals surface area contributed by atoms with Crippen molar-refractivity contribution in [2.24, 2.45) is 7.05 Å². The van der Waals surface area contributed by atoms with Crippen LogP contribution in [0.25, 0.3) is 10.6 Å². The van der Waals surface area contributed by atoms with Gasteiger partial charge in [-0.1, -0.05) is 0 Å². The molecule has 2 heterocycles. The van der Waals surface area contributed by atoms with Gasteiger partial charge in [0, 0.05) is 13.6 Å². The van der Waals surface area contributed by atoms with Gasteiger partial charge in [0.15, 0.2) is 0 Å². The minimum atomic E-state index is 0.0221. The normalized spacial score (nSPS) is 10.9. The van der Waals surface area contributed by atoms with E-state index in [9.17, 15) is 4.79 Å². The Morgan fingerprint density at radius 2 is 2.31 bits per heavy atom. The monoisotopic (exact) mass is 301 g/mol. The molecule has 0 amide bonds. The van der Waals surface area contributed by atoms with Gasteiger partial charge in [-0.3, -0.25) is 14.6 Å². The lowest BCUT2D eigenvalue weighted by atomic mass is 10.2. The first-order valence-corrected chi connectivity index (χ1v) is 6.42. The van der Waals surface area contributed by atoms with E-state index < -0.39 is 0 Å². The van der Waals surface area contributed by atoms with Crippen molar-refractivity contribution in [2.75, 3.05) is 7.05 Å². The fraction of sp³-hybridized carbons (Fsp3) is 0.300. The molecule has 2 N–H and O–H groups in total. The maximum Gasteiger partial charge on any atom is 0.271 e. The molecule has 0 bridgehead atoms. The number of thiophene rings is 1. The maximum atomic E-state index is 11.8. The summed E-state index contributed by atoms with van der Waals surface area (Å²) in [5.41, 5.74) is 1.70. The Hall–Kier alpha value is -0.850. The number of nitrogens with zero attached hydrogens (tertiary/aromatic N) is 1. The molecular formula is C10H12BrN3OS. The second-order valence-corrected chi connectivity index (χ2v) is 5.93. The van der Waals surface area contributed by atoms with Crippen LogP contribution in [0.15, 0.2) is 20.7 Å². The highest BCUT2D eigenvalue weighted by Crippen LogP contribution is 2.31. The highest BCUT2D eigenvalue weighted by Gasteiger charge is 2.14. The van der Waals surface area contributed by atoms with E-state index in [2.05, 4.69) is 26.3 Å². The van der Waals surface area contributed by atoms with E-state index in [0.29, 0.717) is 6.54 Å². The van der Waals surface area contributed by atoms with Crippen LogP contribution in [0.4, 0.5) is 0 Å². The molecule has 0 spiro atoms. The number of H-pyrrole nitrogens is 1. The Labute approximate surface area is 105 Å². The first-order valence-electron chi connectivity index (χ1n) is 4.81. The van der Waals surface area contributed by atoms with Crippen LogP contribution in [-0.4, -0.2) is 16.8 Å². The van der Waals surface area contributed by atoms with Gasteiger partial charge in [-0.15, -0.1) is 11.3 Å². The summed E-state index contributed by atoms with van der Waals surface area (Å²) in [6, 6.07) is 3.98. The molecule has 2 aromatic heterocycles. The van der Waals surface area contributed by atoms with Gasteiger partial charge in [-0.25, -0.2) is 0 Å². The molecule has 2 rings (SSSR count). The lowest BCUT2D eigenvalue weighted by Crippen LogP contribution is -2.19. The Bertz CT molecular complexity index is 555. The largest absolute Gasteiger partial charge is 0.315 e. The third-order valence-electron chi connectivity index (χ3n) is 2.32. The predicted octanol–water partition coefficient (Wildman–Crippen LogP) is 1.92. The Kier molecular flexibility index (Phi) is 3.32. The van der Waals surface area contributed by atoms with Crippen molar-refractivity contribution in [1.82, 2.24) is 15.1 Å². The quantitative estimate of drug-likeness (QED) is 0.910. The molecule has 0 aliphatic carbocycles. The minimum Gasteiger partial charge on any atom is -0.315 e. The molecular weight excluding hydrogens is 290 g/mol. The molecule has 0 atom stereocenters. The van der Waals surface area contributed by atoms with Crippen LogP contribution < -0.4 is 10.9 Å². The summed E-state index contributed by atoms with van der Waals surface area (Å²) in [6.07, 6.45) is 0. The molecule has 0 aromatic carbocycles. The summed E-state index contributed by atoms with van der Waals surface area (Å²) >= 11 is 5.03. The molecule has 0 aliphatic rings. The van der Waals surface area contributed by atoms with Crippen LogP contribution in [0.2, 0.25) is 0 Å². The smallest absolute Gasteiger partial charge is 0.271 e. The zero-order chi connectivity index (χ0) is 11.7. The molecule has 0 fully saturated rings. The van der Waals surface area contributed by atoms with Crippen molar-refractivity contribution in [3.8, 4) is 10.6 Å². The average molecular weight is 302 g/mol. The van der Waals surface area contributed by atoms with E-state index in [1.165, 1.54) is 4.68 Å². The zero-order valence-corrected chi connectivity index (χ0v) is 11.4. The van der Waals surface area contributed by atoms with Crippen molar-refractivity contribution < 1.29 is 0 Å². The molecule has 0 saturated carbocycles. The number of hydrogen-bond acceptors (Lipinski definition) is 3. The van der Waals surface area contributed by atoms with Crippen molar-refractivity contribution in [3.05, 3.63) is 31.8 Å². The first kappa shape index (κ1) is 11.6. The van der Waals surface area contributed by atoms with E-state index in [-0.39, 0.29) is 5.56 Å². The number of aryl methyl sites for hydroxylation is 1. The third kappa shape index (κ3) is 2.00. The van der Waals surface area contributed by atoms with Gasteiger partial charge in [0.2, 0.25) is 0 Å². The van der Waals surface area contributed by atoms with E-state index >= 15 is 0 Å². The van der Waals surface area contributed by atoms with Crippen LogP contribution >= 0.6 is 27.3 Å². The Balaban J connectivity index is 2.56. The summed E-state index contributed by atoms with van der Waals surface area (Å²) in [5, 5.41) is 6.10. The second-order valence-electron chi connectivity index (χ2n) is 3.46. The van der Waals surface area contributed by atoms with Crippen LogP contribution in [0.1, 0.15) is 5.56 Å². The Morgan fingerprint density at radius 3 is 2.88 bits per heavy atom. The van der Waals surface area contributed by atoms with Crippen LogP contribution in [0.3, 0.4) is 0 Å². The molecule has 86 valence electrons.